The van der Waals surface area contributed by atoms with Crippen molar-refractivity contribution in [1.82, 2.24) is 4.90 Å². The maximum absolute atomic E-state index is 11.7. The maximum Gasteiger partial charge on any atom is 0.260 e. The highest BCUT2D eigenvalue weighted by molar-refractivity contribution is 7.98. The Morgan fingerprint density at radius 2 is 2.06 bits per heavy atom. The van der Waals surface area contributed by atoms with Gasteiger partial charge in [0.1, 0.15) is 5.75 Å². The molecule has 0 aliphatic carbocycles. The van der Waals surface area contributed by atoms with Gasteiger partial charge in [-0.25, -0.2) is 0 Å². The summed E-state index contributed by atoms with van der Waals surface area (Å²) in [7, 11) is 1.78. The molecule has 5 heteroatoms. The van der Waals surface area contributed by atoms with Crippen LogP contribution in [0.5, 0.6) is 5.75 Å². The van der Waals surface area contributed by atoms with Crippen LogP contribution in [0.25, 0.3) is 0 Å². The number of nitrogens with zero attached hydrogens (tertiary/aromatic N) is 1. The van der Waals surface area contributed by atoms with E-state index in [0.717, 1.165) is 12.3 Å². The lowest BCUT2D eigenvalue weighted by Gasteiger charge is -2.16. The molecule has 0 spiro atoms. The zero-order valence-corrected chi connectivity index (χ0v) is 11.0. The molecule has 1 aromatic carbocycles. The van der Waals surface area contributed by atoms with E-state index in [1.165, 1.54) is 0 Å². The monoisotopic (exact) mass is 254 g/mol. The summed E-state index contributed by atoms with van der Waals surface area (Å²) < 4.78 is 5.37. The summed E-state index contributed by atoms with van der Waals surface area (Å²) in [5.74, 6) is 1.58. The van der Waals surface area contributed by atoms with Gasteiger partial charge in [0.2, 0.25) is 0 Å². The lowest BCUT2D eigenvalue weighted by Crippen LogP contribution is -2.33. The Bertz CT molecular complexity index is 354. The van der Waals surface area contributed by atoms with E-state index in [1.54, 1.807) is 48.0 Å². The number of carbonyl (C=O) groups excluding carboxylic acids is 1. The van der Waals surface area contributed by atoms with Crippen LogP contribution in [0.15, 0.2) is 24.3 Å². The van der Waals surface area contributed by atoms with Crippen molar-refractivity contribution < 1.29 is 9.53 Å². The van der Waals surface area contributed by atoms with Crippen LogP contribution in [0.2, 0.25) is 0 Å². The SMILES string of the molecule is CSCCN(C)C(=O)COc1ccc(N)cc1. The van der Waals surface area contributed by atoms with E-state index in [1.807, 2.05) is 6.26 Å². The summed E-state index contributed by atoms with van der Waals surface area (Å²) in [5.41, 5.74) is 6.23. The number of benzene rings is 1. The molecule has 4 nitrogen and oxygen atoms in total. The molecule has 1 amide bonds. The number of carbonyl (C=O) groups is 1. The number of ether oxygens (including phenoxy) is 1. The maximum atomic E-state index is 11.7. The van der Waals surface area contributed by atoms with Gasteiger partial charge in [-0.05, 0) is 30.5 Å². The van der Waals surface area contributed by atoms with Gasteiger partial charge in [0.25, 0.3) is 5.91 Å². The minimum Gasteiger partial charge on any atom is -0.484 e. The van der Waals surface area contributed by atoms with Gasteiger partial charge in [-0.3, -0.25) is 4.79 Å². The topological polar surface area (TPSA) is 55.6 Å². The lowest BCUT2D eigenvalue weighted by molar-refractivity contribution is -0.131. The van der Waals surface area contributed by atoms with Crippen molar-refractivity contribution in [2.24, 2.45) is 0 Å². The van der Waals surface area contributed by atoms with Gasteiger partial charge < -0.3 is 15.4 Å². The first-order valence-corrected chi connectivity index (χ1v) is 6.74. The third-order valence-electron chi connectivity index (χ3n) is 2.30. The lowest BCUT2D eigenvalue weighted by atomic mass is 10.3. The number of anilines is 1. The Hall–Kier alpha value is -1.36. The second-order valence-corrected chi connectivity index (χ2v) is 4.65. The van der Waals surface area contributed by atoms with Gasteiger partial charge in [-0.2, -0.15) is 11.8 Å². The van der Waals surface area contributed by atoms with Crippen molar-refractivity contribution in [2.75, 3.05) is 37.9 Å². The van der Waals surface area contributed by atoms with Gasteiger partial charge in [0.05, 0.1) is 0 Å². The number of likely N-dealkylation sites (N-methyl/N-ethyl adjacent to an activating group) is 1. The molecule has 1 rings (SSSR count). The fourth-order valence-electron chi connectivity index (χ4n) is 1.17. The van der Waals surface area contributed by atoms with Gasteiger partial charge >= 0.3 is 0 Å². The van der Waals surface area contributed by atoms with Crippen LogP contribution >= 0.6 is 11.8 Å². The van der Waals surface area contributed by atoms with Crippen LogP contribution in [0.3, 0.4) is 0 Å². The van der Waals surface area contributed by atoms with Crippen LogP contribution in [-0.2, 0) is 4.79 Å². The Morgan fingerprint density at radius 3 is 2.65 bits per heavy atom. The van der Waals surface area contributed by atoms with E-state index >= 15 is 0 Å². The van der Waals surface area contributed by atoms with Gasteiger partial charge in [-0.1, -0.05) is 0 Å². The summed E-state index contributed by atoms with van der Waals surface area (Å²) in [6.45, 7) is 0.805. The number of rotatable bonds is 6. The van der Waals surface area contributed by atoms with Crippen molar-refractivity contribution in [3.63, 3.8) is 0 Å². The first kappa shape index (κ1) is 13.7. The Labute approximate surface area is 106 Å². The normalized spacial score (nSPS) is 10.0. The fourth-order valence-corrected chi connectivity index (χ4v) is 1.63. The molecular formula is C12H18N2O2S. The number of hydrogen-bond donors (Lipinski definition) is 1. The third-order valence-corrected chi connectivity index (χ3v) is 2.89. The molecule has 2 N–H and O–H groups in total. The van der Waals surface area contributed by atoms with Gasteiger partial charge in [-0.15, -0.1) is 0 Å². The third kappa shape index (κ3) is 4.99. The quantitative estimate of drug-likeness (QED) is 0.781. The zero-order valence-electron chi connectivity index (χ0n) is 10.2. The van der Waals surface area contributed by atoms with Crippen LogP contribution < -0.4 is 10.5 Å². The number of hydrogen-bond acceptors (Lipinski definition) is 4. The van der Waals surface area contributed by atoms with Crippen LogP contribution in [0, 0.1) is 0 Å². The highest BCUT2D eigenvalue weighted by atomic mass is 32.2. The molecule has 17 heavy (non-hydrogen) atoms. The average Bonchev–Trinajstić information content (AvgIpc) is 2.34. The molecule has 0 aromatic heterocycles. The summed E-state index contributed by atoms with van der Waals surface area (Å²) in [4.78, 5) is 13.3. The molecule has 0 atom stereocenters. The Balaban J connectivity index is 2.34. The Kier molecular flexibility index (Phi) is 5.69. The van der Waals surface area contributed by atoms with Crippen molar-refractivity contribution in [3.05, 3.63) is 24.3 Å². The molecule has 0 unspecified atom stereocenters. The molecule has 0 heterocycles. The summed E-state index contributed by atoms with van der Waals surface area (Å²) >= 11 is 1.71. The molecule has 94 valence electrons. The molecule has 0 saturated heterocycles. The molecule has 0 aliphatic rings. The first-order valence-electron chi connectivity index (χ1n) is 5.34. The average molecular weight is 254 g/mol. The van der Waals surface area contributed by atoms with E-state index < -0.39 is 0 Å². The molecule has 0 bridgehead atoms. The standard InChI is InChI=1S/C12H18N2O2S/c1-14(7-8-17-2)12(15)9-16-11-5-3-10(13)4-6-11/h3-6H,7-9,13H2,1-2H3. The van der Waals surface area contributed by atoms with Crippen LogP contribution in [-0.4, -0.2) is 43.0 Å². The van der Waals surface area contributed by atoms with E-state index in [9.17, 15) is 4.79 Å². The first-order chi connectivity index (χ1) is 8.13. The molecule has 0 fully saturated rings. The molecule has 0 aliphatic heterocycles. The van der Waals surface area contributed by atoms with E-state index in [0.29, 0.717) is 11.4 Å². The van der Waals surface area contributed by atoms with Gasteiger partial charge in [0, 0.05) is 25.0 Å². The van der Waals surface area contributed by atoms with Gasteiger partial charge in [0.15, 0.2) is 6.61 Å². The van der Waals surface area contributed by atoms with Crippen molar-refractivity contribution in [1.29, 1.82) is 0 Å². The summed E-state index contributed by atoms with van der Waals surface area (Å²) in [6.07, 6.45) is 2.02. The van der Waals surface area contributed by atoms with E-state index in [-0.39, 0.29) is 12.5 Å². The zero-order chi connectivity index (χ0) is 12.7. The fraction of sp³-hybridized carbons (Fsp3) is 0.417. The van der Waals surface area contributed by atoms with Crippen LogP contribution in [0.1, 0.15) is 0 Å². The summed E-state index contributed by atoms with van der Waals surface area (Å²) in [5, 5.41) is 0. The molecule has 0 saturated carbocycles. The minimum atomic E-state index is -0.0177. The number of nitrogens with two attached hydrogens (primary N) is 1. The van der Waals surface area contributed by atoms with E-state index in [4.69, 9.17) is 10.5 Å². The summed E-state index contributed by atoms with van der Waals surface area (Å²) in [6, 6.07) is 7.00. The number of nitrogen functional groups attached to an aromatic ring is 1. The number of thioether (sulfide) groups is 1. The largest absolute Gasteiger partial charge is 0.484 e. The van der Waals surface area contributed by atoms with Crippen molar-refractivity contribution >= 4 is 23.4 Å². The highest BCUT2D eigenvalue weighted by Gasteiger charge is 2.08. The predicted octanol–water partition coefficient (Wildman–Crippen LogP) is 1.47. The molecule has 0 radical (unpaired) electrons. The van der Waals surface area contributed by atoms with Crippen LogP contribution in [0.4, 0.5) is 5.69 Å². The van der Waals surface area contributed by atoms with Crippen molar-refractivity contribution in [2.45, 2.75) is 0 Å². The molecule has 1 aromatic rings. The number of amides is 1. The predicted molar refractivity (Wildman–Crippen MR) is 72.4 cm³/mol. The van der Waals surface area contributed by atoms with E-state index in [2.05, 4.69) is 0 Å². The second kappa shape index (κ2) is 7.06. The highest BCUT2D eigenvalue weighted by Crippen LogP contribution is 2.12. The minimum absolute atomic E-state index is 0.0177. The smallest absolute Gasteiger partial charge is 0.260 e. The second-order valence-electron chi connectivity index (χ2n) is 3.67. The van der Waals surface area contributed by atoms with Crippen molar-refractivity contribution in [3.8, 4) is 5.75 Å². The Morgan fingerprint density at radius 1 is 1.41 bits per heavy atom. The molecular weight excluding hydrogens is 236 g/mol.